The number of nitrogens with zero attached hydrogens (tertiary/aromatic N) is 3. The Morgan fingerprint density at radius 1 is 0.412 bits per heavy atom. The molecule has 0 amide bonds. The van der Waals surface area contributed by atoms with Crippen LogP contribution < -0.4 is 9.47 Å². The Bertz CT molecular complexity index is 2680. The number of hydrogen-bond acceptors (Lipinski definition) is 5. The highest BCUT2D eigenvalue weighted by Gasteiger charge is 2.37. The average Bonchev–Trinajstić information content (AvgIpc) is 3.41. The van der Waals surface area contributed by atoms with Crippen LogP contribution in [0.4, 0.5) is 0 Å². The largest absolute Gasteiger partial charge is 0.449 e. The fourth-order valence-electron chi connectivity index (χ4n) is 7.68. The van der Waals surface area contributed by atoms with Crippen molar-refractivity contribution in [1.82, 2.24) is 15.0 Å². The summed E-state index contributed by atoms with van der Waals surface area (Å²) < 4.78 is 13.4. The predicted molar refractivity (Wildman–Crippen MR) is 203 cm³/mol. The molecule has 8 aromatic rings. The zero-order valence-electron chi connectivity index (χ0n) is 28.1. The lowest BCUT2D eigenvalue weighted by Gasteiger charge is -2.26. The number of para-hydroxylation sites is 1. The van der Waals surface area contributed by atoms with Crippen LogP contribution >= 0.6 is 0 Å². The van der Waals surface area contributed by atoms with Gasteiger partial charge in [0.1, 0.15) is 0 Å². The summed E-state index contributed by atoms with van der Waals surface area (Å²) in [6.45, 7) is 4.54. The second kappa shape index (κ2) is 11.2. The zero-order chi connectivity index (χ0) is 34.1. The van der Waals surface area contributed by atoms with E-state index in [0.29, 0.717) is 34.7 Å². The first kappa shape index (κ1) is 29.3. The molecule has 0 unspecified atom stereocenters. The smallest absolute Gasteiger partial charge is 0.177 e. The van der Waals surface area contributed by atoms with E-state index in [0.717, 1.165) is 44.3 Å². The molecule has 5 heteroatoms. The van der Waals surface area contributed by atoms with Crippen LogP contribution in [0.25, 0.3) is 67.2 Å². The molecule has 10 rings (SSSR count). The minimum atomic E-state index is -0.139. The van der Waals surface area contributed by atoms with Gasteiger partial charge in [-0.1, -0.05) is 147 Å². The zero-order valence-corrected chi connectivity index (χ0v) is 28.1. The molecule has 1 aliphatic carbocycles. The van der Waals surface area contributed by atoms with Crippen molar-refractivity contribution in [2.75, 3.05) is 0 Å². The summed E-state index contributed by atoms with van der Waals surface area (Å²) in [5.74, 6) is 4.55. The second-order valence-electron chi connectivity index (χ2n) is 13.6. The van der Waals surface area contributed by atoms with Gasteiger partial charge < -0.3 is 9.47 Å². The average molecular weight is 658 g/mol. The standard InChI is InChI=1S/C46H31N3O2/c1-46(2)37-24-11-10-20-32(37)36-26-40-41(27-38(36)46)50-39-25-13-22-33(42(39)51-40)31-19-8-9-21-35(31)45-48-43(29-15-4-3-5-16-29)47-44(49-45)34-23-12-17-28-14-6-7-18-30(28)34/h3-27H,1-2H3. The minimum absolute atomic E-state index is 0.139. The van der Waals surface area contributed by atoms with Crippen molar-refractivity contribution in [2.45, 2.75) is 19.3 Å². The van der Waals surface area contributed by atoms with Crippen LogP contribution in [0, 0.1) is 0 Å². The molecule has 2 aliphatic rings. The maximum atomic E-state index is 6.82. The van der Waals surface area contributed by atoms with E-state index < -0.39 is 0 Å². The molecule has 0 atom stereocenters. The molecule has 0 N–H and O–H groups in total. The van der Waals surface area contributed by atoms with E-state index in [-0.39, 0.29) is 5.41 Å². The molecular weight excluding hydrogens is 627 g/mol. The first-order valence-electron chi connectivity index (χ1n) is 17.2. The minimum Gasteiger partial charge on any atom is -0.449 e. The van der Waals surface area contributed by atoms with E-state index in [9.17, 15) is 0 Å². The lowest BCUT2D eigenvalue weighted by Crippen LogP contribution is -2.15. The van der Waals surface area contributed by atoms with Gasteiger partial charge in [0.05, 0.1) is 0 Å². The highest BCUT2D eigenvalue weighted by molar-refractivity contribution is 5.96. The third-order valence-corrected chi connectivity index (χ3v) is 10.2. The maximum Gasteiger partial charge on any atom is 0.177 e. The van der Waals surface area contributed by atoms with Crippen LogP contribution in [-0.4, -0.2) is 15.0 Å². The van der Waals surface area contributed by atoms with Crippen LogP contribution in [-0.2, 0) is 5.41 Å². The number of fused-ring (bicyclic) bond motifs is 6. The van der Waals surface area contributed by atoms with E-state index in [1.165, 1.54) is 22.3 Å². The van der Waals surface area contributed by atoms with Gasteiger partial charge in [0, 0.05) is 27.7 Å². The van der Waals surface area contributed by atoms with E-state index in [1.54, 1.807) is 0 Å². The molecule has 2 heterocycles. The van der Waals surface area contributed by atoms with Crippen molar-refractivity contribution in [2.24, 2.45) is 0 Å². The highest BCUT2D eigenvalue weighted by Crippen LogP contribution is 2.56. The molecule has 7 aromatic carbocycles. The molecule has 0 spiro atoms. The molecule has 0 fully saturated rings. The van der Waals surface area contributed by atoms with Crippen LogP contribution in [0.15, 0.2) is 152 Å². The third-order valence-electron chi connectivity index (χ3n) is 10.2. The number of rotatable bonds is 4. The van der Waals surface area contributed by atoms with Crippen LogP contribution in [0.5, 0.6) is 23.0 Å². The van der Waals surface area contributed by atoms with Gasteiger partial charge in [-0.25, -0.2) is 15.0 Å². The molecule has 1 aliphatic heterocycles. The molecule has 0 radical (unpaired) electrons. The van der Waals surface area contributed by atoms with Gasteiger partial charge in [-0.05, 0) is 56.8 Å². The first-order valence-corrected chi connectivity index (χ1v) is 17.2. The van der Waals surface area contributed by atoms with Crippen LogP contribution in [0.3, 0.4) is 0 Å². The topological polar surface area (TPSA) is 57.1 Å². The van der Waals surface area contributed by atoms with Gasteiger partial charge in [-0.3, -0.25) is 0 Å². The fraction of sp³-hybridized carbons (Fsp3) is 0.0652. The molecule has 1 aromatic heterocycles. The Kier molecular flexibility index (Phi) is 6.46. The Hall–Kier alpha value is -6.59. The second-order valence-corrected chi connectivity index (χ2v) is 13.6. The molecule has 0 saturated carbocycles. The fourth-order valence-corrected chi connectivity index (χ4v) is 7.68. The van der Waals surface area contributed by atoms with Gasteiger partial charge in [-0.15, -0.1) is 0 Å². The Labute approximate surface area is 295 Å². The number of benzene rings is 7. The highest BCUT2D eigenvalue weighted by atomic mass is 16.6. The van der Waals surface area contributed by atoms with Gasteiger partial charge in [-0.2, -0.15) is 0 Å². The van der Waals surface area contributed by atoms with Gasteiger partial charge in [0.2, 0.25) is 0 Å². The van der Waals surface area contributed by atoms with Crippen molar-refractivity contribution in [3.63, 3.8) is 0 Å². The number of aromatic nitrogens is 3. The Morgan fingerprint density at radius 3 is 1.88 bits per heavy atom. The SMILES string of the molecule is CC1(C)c2ccccc2-c2cc3c(cc21)Oc1cccc(-c2ccccc2-c2nc(-c4ccccc4)nc(-c4cccc5ccccc45)n2)c1O3. The summed E-state index contributed by atoms with van der Waals surface area (Å²) in [5, 5.41) is 2.22. The summed E-state index contributed by atoms with van der Waals surface area (Å²) in [4.78, 5) is 15.3. The van der Waals surface area contributed by atoms with Crippen molar-refractivity contribution in [3.05, 3.63) is 163 Å². The van der Waals surface area contributed by atoms with Crippen molar-refractivity contribution < 1.29 is 9.47 Å². The summed E-state index contributed by atoms with van der Waals surface area (Å²) in [6, 6.07) is 51.8. The van der Waals surface area contributed by atoms with Gasteiger partial charge in [0.15, 0.2) is 40.5 Å². The van der Waals surface area contributed by atoms with Crippen molar-refractivity contribution in [3.8, 4) is 79.4 Å². The van der Waals surface area contributed by atoms with Gasteiger partial charge >= 0.3 is 0 Å². The summed E-state index contributed by atoms with van der Waals surface area (Å²) in [5.41, 5.74) is 9.39. The lowest BCUT2D eigenvalue weighted by atomic mass is 9.82. The molecule has 0 saturated heterocycles. The van der Waals surface area contributed by atoms with E-state index in [1.807, 2.05) is 66.7 Å². The first-order chi connectivity index (χ1) is 25.0. The monoisotopic (exact) mass is 657 g/mol. The number of hydrogen-bond donors (Lipinski definition) is 0. The predicted octanol–water partition coefficient (Wildman–Crippen LogP) is 11.9. The van der Waals surface area contributed by atoms with Crippen LogP contribution in [0.2, 0.25) is 0 Å². The number of ether oxygens (including phenoxy) is 2. The van der Waals surface area contributed by atoms with E-state index in [2.05, 4.69) is 98.8 Å². The Morgan fingerprint density at radius 2 is 1.02 bits per heavy atom. The third kappa shape index (κ3) is 4.66. The molecule has 5 nitrogen and oxygen atoms in total. The van der Waals surface area contributed by atoms with Crippen molar-refractivity contribution >= 4 is 10.8 Å². The maximum absolute atomic E-state index is 6.82. The summed E-state index contributed by atoms with van der Waals surface area (Å²) >= 11 is 0. The van der Waals surface area contributed by atoms with Crippen LogP contribution in [0.1, 0.15) is 25.0 Å². The van der Waals surface area contributed by atoms with E-state index in [4.69, 9.17) is 24.4 Å². The molecule has 51 heavy (non-hydrogen) atoms. The Balaban J connectivity index is 1.13. The molecular formula is C46H31N3O2. The van der Waals surface area contributed by atoms with Gasteiger partial charge in [0.25, 0.3) is 0 Å². The molecule has 242 valence electrons. The normalized spacial score (nSPS) is 13.4. The summed E-state index contributed by atoms with van der Waals surface area (Å²) in [7, 11) is 0. The molecule has 0 bridgehead atoms. The quantitative estimate of drug-likeness (QED) is 0.188. The summed E-state index contributed by atoms with van der Waals surface area (Å²) in [6.07, 6.45) is 0. The lowest BCUT2D eigenvalue weighted by molar-refractivity contribution is 0.360. The van der Waals surface area contributed by atoms with E-state index >= 15 is 0 Å². The van der Waals surface area contributed by atoms with Crippen molar-refractivity contribution in [1.29, 1.82) is 0 Å².